The van der Waals surface area contributed by atoms with Crippen LogP contribution in [0.1, 0.15) is 26.3 Å². The molecular formula is C13H11BrClFS. The molecule has 0 fully saturated rings. The van der Waals surface area contributed by atoms with Crippen molar-refractivity contribution in [1.29, 1.82) is 0 Å². The summed E-state index contributed by atoms with van der Waals surface area (Å²) in [6.07, 6.45) is 0. The third-order valence-corrected chi connectivity index (χ3v) is 5.04. The lowest BCUT2D eigenvalue weighted by atomic mass is 10.1. The van der Waals surface area contributed by atoms with Crippen molar-refractivity contribution >= 4 is 38.9 Å². The fourth-order valence-electron chi connectivity index (χ4n) is 1.79. The van der Waals surface area contributed by atoms with Crippen molar-refractivity contribution in [3.8, 4) is 0 Å². The van der Waals surface area contributed by atoms with Crippen LogP contribution in [0.2, 0.25) is 0 Å². The van der Waals surface area contributed by atoms with Crippen molar-refractivity contribution < 1.29 is 4.39 Å². The summed E-state index contributed by atoms with van der Waals surface area (Å²) in [4.78, 5) is 2.20. The highest BCUT2D eigenvalue weighted by Gasteiger charge is 2.21. The van der Waals surface area contributed by atoms with Gasteiger partial charge in [0, 0.05) is 19.8 Å². The molecule has 17 heavy (non-hydrogen) atoms. The molecule has 0 nitrogen and oxygen atoms in total. The van der Waals surface area contributed by atoms with Crippen LogP contribution in [0.15, 0.2) is 28.7 Å². The van der Waals surface area contributed by atoms with E-state index in [0.717, 1.165) is 10.4 Å². The first-order chi connectivity index (χ1) is 8.00. The Morgan fingerprint density at radius 3 is 2.59 bits per heavy atom. The zero-order chi connectivity index (χ0) is 12.6. The van der Waals surface area contributed by atoms with Gasteiger partial charge in [-0.25, -0.2) is 4.39 Å². The van der Waals surface area contributed by atoms with Crippen molar-refractivity contribution in [2.45, 2.75) is 19.2 Å². The van der Waals surface area contributed by atoms with Gasteiger partial charge in [-0.05, 0) is 37.6 Å². The molecule has 2 rings (SSSR count). The molecule has 2 aromatic rings. The van der Waals surface area contributed by atoms with E-state index in [1.165, 1.54) is 10.9 Å². The number of halogens is 3. The quantitative estimate of drug-likeness (QED) is 0.628. The Balaban J connectivity index is 2.51. The number of thiophene rings is 1. The summed E-state index contributed by atoms with van der Waals surface area (Å²) >= 11 is 11.4. The summed E-state index contributed by atoms with van der Waals surface area (Å²) in [5, 5.41) is -0.440. The van der Waals surface area contributed by atoms with Gasteiger partial charge in [0.1, 0.15) is 5.82 Å². The molecule has 0 aliphatic heterocycles. The summed E-state index contributed by atoms with van der Waals surface area (Å²) < 4.78 is 14.5. The molecule has 4 heteroatoms. The van der Waals surface area contributed by atoms with E-state index in [4.69, 9.17) is 11.6 Å². The number of rotatable bonds is 2. The molecule has 0 amide bonds. The molecule has 1 atom stereocenters. The Labute approximate surface area is 118 Å². The van der Waals surface area contributed by atoms with Crippen LogP contribution >= 0.6 is 38.9 Å². The second-order valence-corrected chi connectivity index (χ2v) is 6.48. The molecule has 0 radical (unpaired) electrons. The molecule has 1 aromatic heterocycles. The molecular weight excluding hydrogens is 323 g/mol. The highest BCUT2D eigenvalue weighted by molar-refractivity contribution is 9.10. The number of hydrogen-bond donors (Lipinski definition) is 0. The van der Waals surface area contributed by atoms with Crippen LogP contribution in [-0.2, 0) is 0 Å². The Morgan fingerprint density at radius 2 is 2.06 bits per heavy atom. The highest BCUT2D eigenvalue weighted by Crippen LogP contribution is 2.40. The van der Waals surface area contributed by atoms with Gasteiger partial charge in [0.2, 0.25) is 0 Å². The van der Waals surface area contributed by atoms with E-state index in [2.05, 4.69) is 22.0 Å². The minimum absolute atomic E-state index is 0.273. The lowest BCUT2D eigenvalue weighted by Crippen LogP contribution is -1.97. The van der Waals surface area contributed by atoms with E-state index in [1.54, 1.807) is 17.4 Å². The summed E-state index contributed by atoms with van der Waals surface area (Å²) in [5.41, 5.74) is 1.63. The average molecular weight is 334 g/mol. The summed E-state index contributed by atoms with van der Waals surface area (Å²) in [7, 11) is 0. The summed E-state index contributed by atoms with van der Waals surface area (Å²) in [5.74, 6) is -0.273. The molecule has 0 bridgehead atoms. The Morgan fingerprint density at radius 1 is 1.35 bits per heavy atom. The van der Waals surface area contributed by atoms with Crippen molar-refractivity contribution in [3.63, 3.8) is 0 Å². The van der Waals surface area contributed by atoms with Crippen molar-refractivity contribution in [1.82, 2.24) is 0 Å². The van der Waals surface area contributed by atoms with Gasteiger partial charge in [-0.1, -0.05) is 22.0 Å². The van der Waals surface area contributed by atoms with E-state index >= 15 is 0 Å². The predicted octanol–water partition coefficient (Wildman–Crippen LogP) is 5.59. The molecule has 0 aliphatic carbocycles. The second kappa shape index (κ2) is 5.09. The maximum atomic E-state index is 13.8. The third kappa shape index (κ3) is 2.56. The summed E-state index contributed by atoms with van der Waals surface area (Å²) in [6.45, 7) is 4.03. The normalized spacial score (nSPS) is 12.8. The molecule has 0 spiro atoms. The monoisotopic (exact) mass is 332 g/mol. The molecule has 0 saturated carbocycles. The van der Waals surface area contributed by atoms with Crippen LogP contribution in [0.4, 0.5) is 4.39 Å². The van der Waals surface area contributed by atoms with Crippen LogP contribution in [0, 0.1) is 19.7 Å². The van der Waals surface area contributed by atoms with Gasteiger partial charge < -0.3 is 0 Å². The fraction of sp³-hybridized carbons (Fsp3) is 0.231. The van der Waals surface area contributed by atoms with Gasteiger partial charge in [-0.15, -0.1) is 22.9 Å². The third-order valence-electron chi connectivity index (χ3n) is 2.56. The Kier molecular flexibility index (Phi) is 3.91. The Hall–Kier alpha value is -0.380. The molecule has 90 valence electrons. The molecule has 0 N–H and O–H groups in total. The molecule has 1 aromatic carbocycles. The van der Waals surface area contributed by atoms with Gasteiger partial charge >= 0.3 is 0 Å². The van der Waals surface area contributed by atoms with Gasteiger partial charge in [0.05, 0.1) is 5.38 Å². The standard InChI is InChI=1S/C13H11BrClFS/c1-7-6-8(2)17-13(7)12(15)11-9(14)4-3-5-10(11)16/h3-6,12H,1-2H3. The van der Waals surface area contributed by atoms with Crippen molar-refractivity contribution in [2.75, 3.05) is 0 Å². The van der Waals surface area contributed by atoms with Gasteiger partial charge in [0.25, 0.3) is 0 Å². The van der Waals surface area contributed by atoms with Gasteiger partial charge in [-0.3, -0.25) is 0 Å². The van der Waals surface area contributed by atoms with Crippen LogP contribution < -0.4 is 0 Å². The molecule has 1 unspecified atom stereocenters. The zero-order valence-corrected chi connectivity index (χ0v) is 12.6. The first kappa shape index (κ1) is 13.1. The van der Waals surface area contributed by atoms with E-state index in [1.807, 2.05) is 19.9 Å². The van der Waals surface area contributed by atoms with E-state index < -0.39 is 5.38 Å². The minimum atomic E-state index is -0.440. The van der Waals surface area contributed by atoms with E-state index in [9.17, 15) is 4.39 Å². The number of aryl methyl sites for hydroxylation is 2. The van der Waals surface area contributed by atoms with Crippen molar-refractivity contribution in [2.24, 2.45) is 0 Å². The lowest BCUT2D eigenvalue weighted by molar-refractivity contribution is 0.611. The minimum Gasteiger partial charge on any atom is -0.207 e. The maximum absolute atomic E-state index is 13.8. The fourth-order valence-corrected chi connectivity index (χ4v) is 4.05. The number of hydrogen-bond acceptors (Lipinski definition) is 1. The number of benzene rings is 1. The van der Waals surface area contributed by atoms with Gasteiger partial charge in [-0.2, -0.15) is 0 Å². The van der Waals surface area contributed by atoms with Crippen LogP contribution in [0.3, 0.4) is 0 Å². The molecule has 1 heterocycles. The number of alkyl halides is 1. The average Bonchev–Trinajstić information content (AvgIpc) is 2.57. The van der Waals surface area contributed by atoms with E-state index in [-0.39, 0.29) is 5.82 Å². The molecule has 0 aliphatic rings. The second-order valence-electron chi connectivity index (χ2n) is 3.90. The highest BCUT2D eigenvalue weighted by atomic mass is 79.9. The Bertz CT molecular complexity index is 530. The summed E-state index contributed by atoms with van der Waals surface area (Å²) in [6, 6.07) is 6.98. The largest absolute Gasteiger partial charge is 0.207 e. The van der Waals surface area contributed by atoms with Crippen molar-refractivity contribution in [3.05, 3.63) is 55.4 Å². The first-order valence-electron chi connectivity index (χ1n) is 5.15. The first-order valence-corrected chi connectivity index (χ1v) is 7.20. The lowest BCUT2D eigenvalue weighted by Gasteiger charge is -2.12. The van der Waals surface area contributed by atoms with Crippen LogP contribution in [0.25, 0.3) is 0 Å². The predicted molar refractivity (Wildman–Crippen MR) is 75.6 cm³/mol. The smallest absolute Gasteiger partial charge is 0.129 e. The van der Waals surface area contributed by atoms with Crippen LogP contribution in [0.5, 0.6) is 0 Å². The topological polar surface area (TPSA) is 0 Å². The van der Waals surface area contributed by atoms with E-state index in [0.29, 0.717) is 10.0 Å². The molecule has 0 saturated heterocycles. The SMILES string of the molecule is Cc1cc(C)c(C(Cl)c2c(F)cccc2Br)s1. The van der Waals surface area contributed by atoms with Gasteiger partial charge in [0.15, 0.2) is 0 Å². The maximum Gasteiger partial charge on any atom is 0.129 e. The zero-order valence-electron chi connectivity index (χ0n) is 9.43. The van der Waals surface area contributed by atoms with Crippen LogP contribution in [-0.4, -0.2) is 0 Å².